The lowest BCUT2D eigenvalue weighted by atomic mass is 10.0. The quantitative estimate of drug-likeness (QED) is 0.0434. The number of H-pyrrole nitrogens is 1. The molecule has 4 rings (SSSR count). The zero-order valence-electron chi connectivity index (χ0n) is 33.3. The summed E-state index contributed by atoms with van der Waals surface area (Å²) in [5.41, 5.74) is 9.21. The van der Waals surface area contributed by atoms with Crippen molar-refractivity contribution in [2.24, 2.45) is 5.73 Å². The number of aromatic amines is 1. The number of thiophene rings is 1. The Bertz CT molecular complexity index is 1900. The largest absolute Gasteiger partial charge is 0.508 e. The molecule has 4 aromatic rings. The van der Waals surface area contributed by atoms with E-state index >= 15 is 0 Å². The Hall–Kier alpha value is -5.54. The van der Waals surface area contributed by atoms with Gasteiger partial charge in [0.05, 0.1) is 16.6 Å². The van der Waals surface area contributed by atoms with Gasteiger partial charge in [-0.15, -0.1) is 11.3 Å². The van der Waals surface area contributed by atoms with Gasteiger partial charge in [0.15, 0.2) is 0 Å². The van der Waals surface area contributed by atoms with Gasteiger partial charge < -0.3 is 42.2 Å². The molecule has 4 amide bonds. The SMILES string of the molecule is CCCCCCCC(=O)NCCCCC(NC(=O)C(N)Cc1c[nH]c(-c2cccs2)n1)C(=O)NC(Cc1ccc(C)cc1)C(=O)NC(Cc1ccc(O)cc1)C(=O)O. The molecule has 0 spiro atoms. The van der Waals surface area contributed by atoms with Crippen molar-refractivity contribution in [2.75, 3.05) is 6.54 Å². The van der Waals surface area contributed by atoms with Gasteiger partial charge in [0, 0.05) is 38.4 Å². The van der Waals surface area contributed by atoms with E-state index in [1.54, 1.807) is 18.3 Å². The third kappa shape index (κ3) is 15.4. The Labute approximate surface area is 343 Å². The maximum Gasteiger partial charge on any atom is 0.326 e. The Morgan fingerprint density at radius 3 is 2.09 bits per heavy atom. The molecule has 312 valence electrons. The number of phenolic OH excluding ortho intramolecular Hbond substituents is 1. The topological polar surface area (TPSA) is 229 Å². The summed E-state index contributed by atoms with van der Waals surface area (Å²) in [6.07, 6.45) is 8.61. The van der Waals surface area contributed by atoms with Crippen LogP contribution in [0.2, 0.25) is 0 Å². The molecule has 4 atom stereocenters. The van der Waals surface area contributed by atoms with Crippen LogP contribution in [0.1, 0.15) is 87.1 Å². The van der Waals surface area contributed by atoms with Crippen LogP contribution in [0.5, 0.6) is 5.75 Å². The molecule has 0 saturated carbocycles. The number of benzene rings is 2. The number of aliphatic carboxylic acids is 1. The monoisotopic (exact) mass is 815 g/mol. The average molecular weight is 816 g/mol. The number of aryl methyl sites for hydroxylation is 1. The van der Waals surface area contributed by atoms with Gasteiger partial charge in [0.1, 0.15) is 29.7 Å². The summed E-state index contributed by atoms with van der Waals surface area (Å²) in [4.78, 5) is 74.7. The first kappa shape index (κ1) is 45.2. The Morgan fingerprint density at radius 2 is 1.41 bits per heavy atom. The molecule has 9 N–H and O–H groups in total. The summed E-state index contributed by atoms with van der Waals surface area (Å²) in [5, 5.41) is 32.7. The first-order chi connectivity index (χ1) is 27.9. The van der Waals surface area contributed by atoms with Crippen LogP contribution in [-0.2, 0) is 43.2 Å². The molecule has 2 heterocycles. The number of carbonyl (C=O) groups is 5. The number of nitrogens with one attached hydrogen (secondary N) is 5. The van der Waals surface area contributed by atoms with Crippen molar-refractivity contribution in [1.82, 2.24) is 31.2 Å². The van der Waals surface area contributed by atoms with Crippen molar-refractivity contribution in [3.8, 4) is 16.5 Å². The van der Waals surface area contributed by atoms with Crippen molar-refractivity contribution in [3.63, 3.8) is 0 Å². The van der Waals surface area contributed by atoms with Gasteiger partial charge in [-0.1, -0.05) is 80.6 Å². The number of imidazole rings is 1. The highest BCUT2D eigenvalue weighted by molar-refractivity contribution is 7.13. The minimum absolute atomic E-state index is 0.0190. The second kappa shape index (κ2) is 23.6. The molecule has 0 saturated heterocycles. The van der Waals surface area contributed by atoms with Gasteiger partial charge in [0.25, 0.3) is 0 Å². The number of aromatic hydroxyl groups is 1. The standard InChI is InChI=1S/C43H57N7O7S/c1-3-4-5-6-7-13-38(52)45-22-9-8-11-34(48-40(53)33(44)26-31-27-46-39(47-31)37-12-10-23-58-37)41(54)49-35(24-29-16-14-28(2)15-17-29)42(55)50-36(43(56)57)25-30-18-20-32(51)21-19-30/h10,12,14-21,23,27,33-36,51H,3-9,11,13,22,24-26,44H2,1-2H3,(H,45,52)(H,46,47)(H,48,53)(H,49,54)(H,50,55)(H,56,57). The lowest BCUT2D eigenvalue weighted by molar-refractivity contribution is -0.142. The van der Waals surface area contributed by atoms with Gasteiger partial charge >= 0.3 is 5.97 Å². The van der Waals surface area contributed by atoms with E-state index in [9.17, 15) is 34.2 Å². The number of carbonyl (C=O) groups excluding carboxylic acids is 4. The minimum atomic E-state index is -1.34. The zero-order valence-corrected chi connectivity index (χ0v) is 34.1. The number of unbranched alkanes of at least 4 members (excludes halogenated alkanes) is 5. The van der Waals surface area contributed by atoms with Crippen molar-refractivity contribution in [3.05, 3.63) is 94.6 Å². The molecular formula is C43H57N7O7S. The maximum absolute atomic E-state index is 14.1. The number of carboxylic acids is 1. The third-order valence-electron chi connectivity index (χ3n) is 9.72. The van der Waals surface area contributed by atoms with Crippen LogP contribution in [0.4, 0.5) is 0 Å². The van der Waals surface area contributed by atoms with E-state index in [0.29, 0.717) is 42.9 Å². The second-order valence-electron chi connectivity index (χ2n) is 14.6. The van der Waals surface area contributed by atoms with E-state index in [1.807, 2.05) is 48.7 Å². The highest BCUT2D eigenvalue weighted by Gasteiger charge is 2.31. The van der Waals surface area contributed by atoms with Crippen LogP contribution in [0.3, 0.4) is 0 Å². The van der Waals surface area contributed by atoms with Crippen molar-refractivity contribution < 1.29 is 34.2 Å². The molecule has 4 unspecified atom stereocenters. The molecule has 0 aliphatic rings. The predicted octanol–water partition coefficient (Wildman–Crippen LogP) is 4.69. The van der Waals surface area contributed by atoms with Crippen molar-refractivity contribution in [2.45, 2.75) is 115 Å². The van der Waals surface area contributed by atoms with E-state index in [1.165, 1.54) is 23.5 Å². The predicted molar refractivity (Wildman–Crippen MR) is 224 cm³/mol. The molecule has 0 bridgehead atoms. The van der Waals surface area contributed by atoms with Crippen molar-refractivity contribution >= 4 is 40.9 Å². The van der Waals surface area contributed by atoms with Gasteiger partial charge in [-0.05, 0) is 67.3 Å². The van der Waals surface area contributed by atoms with Crippen LogP contribution in [0.15, 0.2) is 72.2 Å². The van der Waals surface area contributed by atoms with E-state index in [2.05, 4.69) is 38.2 Å². The van der Waals surface area contributed by atoms with Crippen molar-refractivity contribution in [1.29, 1.82) is 0 Å². The summed E-state index contributed by atoms with van der Waals surface area (Å²) < 4.78 is 0. The van der Waals surface area contributed by atoms with Crippen LogP contribution >= 0.6 is 11.3 Å². The summed E-state index contributed by atoms with van der Waals surface area (Å²) in [5.74, 6) is -2.58. The van der Waals surface area contributed by atoms with Crippen LogP contribution in [-0.4, -0.2) is 80.5 Å². The maximum atomic E-state index is 14.1. The van der Waals surface area contributed by atoms with Gasteiger partial charge in [-0.3, -0.25) is 19.2 Å². The molecule has 0 fully saturated rings. The van der Waals surface area contributed by atoms with Crippen LogP contribution in [0, 0.1) is 6.92 Å². The molecule has 2 aromatic heterocycles. The van der Waals surface area contributed by atoms with Crippen LogP contribution in [0.25, 0.3) is 10.7 Å². The van der Waals surface area contributed by atoms with Gasteiger partial charge in [-0.2, -0.15) is 0 Å². The fourth-order valence-corrected chi connectivity index (χ4v) is 7.01. The number of phenols is 1. The zero-order chi connectivity index (χ0) is 41.9. The highest BCUT2D eigenvalue weighted by Crippen LogP contribution is 2.21. The smallest absolute Gasteiger partial charge is 0.326 e. The number of amides is 4. The molecular weight excluding hydrogens is 759 g/mol. The third-order valence-corrected chi connectivity index (χ3v) is 10.6. The average Bonchev–Trinajstić information content (AvgIpc) is 3.91. The van der Waals surface area contributed by atoms with E-state index in [0.717, 1.165) is 48.1 Å². The fraction of sp³-hybridized carbons (Fsp3) is 0.442. The summed E-state index contributed by atoms with van der Waals surface area (Å²) in [6, 6.07) is 12.5. The molecule has 0 radical (unpaired) electrons. The number of rotatable bonds is 25. The van der Waals surface area contributed by atoms with Crippen LogP contribution < -0.4 is 27.0 Å². The fourth-order valence-electron chi connectivity index (χ4n) is 6.33. The lowest BCUT2D eigenvalue weighted by Gasteiger charge is -2.25. The number of hydrogen-bond acceptors (Lipinski definition) is 9. The lowest BCUT2D eigenvalue weighted by Crippen LogP contribution is -2.58. The molecule has 15 heteroatoms. The first-order valence-corrected chi connectivity index (χ1v) is 20.9. The molecule has 0 aliphatic heterocycles. The summed E-state index contributed by atoms with van der Waals surface area (Å²) in [6.45, 7) is 4.46. The number of nitrogens with two attached hydrogens (primary N) is 1. The number of nitrogens with zero attached hydrogens (tertiary/aromatic N) is 1. The minimum Gasteiger partial charge on any atom is -0.508 e. The summed E-state index contributed by atoms with van der Waals surface area (Å²) in [7, 11) is 0. The van der Waals surface area contributed by atoms with Gasteiger partial charge in [-0.25, -0.2) is 9.78 Å². The molecule has 58 heavy (non-hydrogen) atoms. The Balaban J connectivity index is 1.46. The molecule has 14 nitrogen and oxygen atoms in total. The first-order valence-electron chi connectivity index (χ1n) is 20.0. The molecule has 2 aromatic carbocycles. The number of carboxylic acid groups (broad SMARTS) is 1. The highest BCUT2D eigenvalue weighted by atomic mass is 32.1. The number of hydrogen-bond donors (Lipinski definition) is 8. The van der Waals surface area contributed by atoms with E-state index in [-0.39, 0.29) is 37.3 Å². The summed E-state index contributed by atoms with van der Waals surface area (Å²) >= 11 is 1.52. The Kier molecular flexibility index (Phi) is 18.4. The van der Waals surface area contributed by atoms with E-state index in [4.69, 9.17) is 5.73 Å². The normalized spacial score (nSPS) is 13.2. The Morgan fingerprint density at radius 1 is 0.776 bits per heavy atom. The van der Waals surface area contributed by atoms with E-state index < -0.39 is 47.9 Å². The number of aromatic nitrogens is 2. The molecule has 0 aliphatic carbocycles. The van der Waals surface area contributed by atoms with Gasteiger partial charge in [0.2, 0.25) is 23.6 Å². The second-order valence-corrected chi connectivity index (χ2v) is 15.6.